The lowest BCUT2D eigenvalue weighted by Crippen LogP contribution is -1.89. The van der Waals surface area contributed by atoms with Crippen LogP contribution in [0, 0.1) is 0 Å². The van der Waals surface area contributed by atoms with Crippen LogP contribution in [-0.4, -0.2) is 0 Å². The van der Waals surface area contributed by atoms with Gasteiger partial charge in [0.1, 0.15) is 5.75 Å². The predicted octanol–water partition coefficient (Wildman–Crippen LogP) is 5.03. The summed E-state index contributed by atoms with van der Waals surface area (Å²) in [5, 5.41) is 0. The van der Waals surface area contributed by atoms with E-state index in [0.29, 0.717) is 0 Å². The maximum atomic E-state index is 10.6. The van der Waals surface area contributed by atoms with Crippen molar-refractivity contribution in [2.24, 2.45) is 0 Å². The van der Waals surface area contributed by atoms with Crippen molar-refractivity contribution in [1.82, 2.24) is 0 Å². The number of unbranched alkanes of at least 4 members (excludes halogenated alkanes) is 6. The topological polar surface area (TPSA) is 26.3 Å². The first-order valence-corrected chi connectivity index (χ1v) is 8.01. The van der Waals surface area contributed by atoms with Gasteiger partial charge in [0.15, 0.2) is 0 Å². The largest absolute Gasteiger partial charge is 0.447 e. The van der Waals surface area contributed by atoms with E-state index in [4.69, 9.17) is 4.52 Å². The highest BCUT2D eigenvalue weighted by Crippen LogP contribution is 2.23. The smallest absolute Gasteiger partial charge is 0.225 e. The lowest BCUT2D eigenvalue weighted by Gasteiger charge is -2.07. The maximum absolute atomic E-state index is 10.6. The number of hydrogen-bond acceptors (Lipinski definition) is 2. The minimum Gasteiger partial charge on any atom is -0.447 e. The second-order valence-corrected chi connectivity index (χ2v) is 5.12. The summed E-state index contributed by atoms with van der Waals surface area (Å²) in [6.45, 7) is 2.24. The highest BCUT2D eigenvalue weighted by atomic mass is 31.1. The molecule has 0 aliphatic rings. The lowest BCUT2D eigenvalue weighted by molar-refractivity contribution is 0.519. The molecule has 1 aromatic rings. The number of rotatable bonds is 10. The van der Waals surface area contributed by atoms with E-state index in [1.54, 1.807) is 0 Å². The zero-order chi connectivity index (χ0) is 13.1. The molecule has 1 rings (SSSR count). The Labute approximate surface area is 112 Å². The molecule has 0 heterocycles. The molecule has 1 atom stereocenters. The van der Waals surface area contributed by atoms with Crippen LogP contribution in [-0.2, 0) is 11.0 Å². The lowest BCUT2D eigenvalue weighted by atomic mass is 10.0. The van der Waals surface area contributed by atoms with Gasteiger partial charge in [-0.3, -0.25) is 4.57 Å². The van der Waals surface area contributed by atoms with Crippen LogP contribution in [0.5, 0.6) is 5.75 Å². The summed E-state index contributed by atoms with van der Waals surface area (Å²) in [7, 11) is -1.16. The normalized spacial score (nSPS) is 11.2. The van der Waals surface area contributed by atoms with E-state index in [1.807, 2.05) is 18.2 Å². The summed E-state index contributed by atoms with van der Waals surface area (Å²) in [6, 6.07) is 7.92. The second-order valence-electron chi connectivity index (χ2n) is 4.69. The van der Waals surface area contributed by atoms with Gasteiger partial charge < -0.3 is 4.52 Å². The van der Waals surface area contributed by atoms with Crippen molar-refractivity contribution >= 4 is 8.69 Å². The van der Waals surface area contributed by atoms with E-state index in [1.165, 1.54) is 50.5 Å². The first-order chi connectivity index (χ1) is 8.88. The third kappa shape index (κ3) is 6.26. The molecule has 0 aromatic heterocycles. The second kappa shape index (κ2) is 10.2. The molecule has 0 N–H and O–H groups in total. The van der Waals surface area contributed by atoms with E-state index in [2.05, 4.69) is 13.0 Å². The molecule has 0 radical (unpaired) electrons. The fourth-order valence-electron chi connectivity index (χ4n) is 2.15. The Morgan fingerprint density at radius 3 is 2.39 bits per heavy atom. The molecule has 0 fully saturated rings. The summed E-state index contributed by atoms with van der Waals surface area (Å²) in [4.78, 5) is 0. The van der Waals surface area contributed by atoms with Crippen LogP contribution >= 0.6 is 8.69 Å². The molecule has 0 amide bonds. The molecule has 1 unspecified atom stereocenters. The minimum atomic E-state index is -1.16. The standard InChI is InChI=1S/C15H25O2P/c1-2-3-4-5-6-7-8-11-14-12-9-10-13-15(14)17-18-16/h9-10,12-13H,2-8,11,18H2,1H3. The number of aryl methyl sites for hydroxylation is 1. The van der Waals surface area contributed by atoms with Gasteiger partial charge in [0.25, 0.3) is 0 Å². The molecular weight excluding hydrogens is 243 g/mol. The van der Waals surface area contributed by atoms with Gasteiger partial charge in [0, 0.05) is 0 Å². The van der Waals surface area contributed by atoms with E-state index >= 15 is 0 Å². The fourth-order valence-corrected chi connectivity index (χ4v) is 2.48. The molecule has 0 aliphatic carbocycles. The highest BCUT2D eigenvalue weighted by Gasteiger charge is 2.01. The van der Waals surface area contributed by atoms with Gasteiger partial charge in [-0.2, -0.15) is 0 Å². The van der Waals surface area contributed by atoms with Crippen LogP contribution in [0.15, 0.2) is 24.3 Å². The van der Waals surface area contributed by atoms with Crippen LogP contribution in [0.25, 0.3) is 0 Å². The summed E-state index contributed by atoms with van der Waals surface area (Å²) in [5.41, 5.74) is 1.19. The zero-order valence-corrected chi connectivity index (χ0v) is 12.5. The van der Waals surface area contributed by atoms with Crippen molar-refractivity contribution in [2.45, 2.75) is 58.3 Å². The molecule has 0 saturated carbocycles. The monoisotopic (exact) mass is 268 g/mol. The van der Waals surface area contributed by atoms with Gasteiger partial charge >= 0.3 is 0 Å². The molecule has 2 nitrogen and oxygen atoms in total. The van der Waals surface area contributed by atoms with Crippen LogP contribution in [0.4, 0.5) is 0 Å². The molecule has 0 bridgehead atoms. The quantitative estimate of drug-likeness (QED) is 0.439. The van der Waals surface area contributed by atoms with Crippen molar-refractivity contribution in [3.8, 4) is 5.75 Å². The Bertz CT molecular complexity index is 339. The van der Waals surface area contributed by atoms with Gasteiger partial charge in [-0.05, 0) is 24.5 Å². The Morgan fingerprint density at radius 1 is 1.00 bits per heavy atom. The Hall–Kier alpha value is -0.750. The first-order valence-electron chi connectivity index (χ1n) is 7.06. The van der Waals surface area contributed by atoms with Crippen molar-refractivity contribution in [2.75, 3.05) is 0 Å². The average Bonchev–Trinajstić information content (AvgIpc) is 2.40. The van der Waals surface area contributed by atoms with Crippen molar-refractivity contribution in [3.05, 3.63) is 29.8 Å². The van der Waals surface area contributed by atoms with Gasteiger partial charge in [0.05, 0.1) is 0 Å². The molecule has 102 valence electrons. The van der Waals surface area contributed by atoms with Crippen LogP contribution in [0.3, 0.4) is 0 Å². The summed E-state index contributed by atoms with van der Waals surface area (Å²) >= 11 is 0. The molecule has 1 aromatic carbocycles. The SMILES string of the molecule is CCCCCCCCCc1ccccc1O[PH2]=O. The van der Waals surface area contributed by atoms with Crippen molar-refractivity contribution in [3.63, 3.8) is 0 Å². The van der Waals surface area contributed by atoms with E-state index in [-0.39, 0.29) is 0 Å². The first kappa shape index (κ1) is 15.3. The average molecular weight is 268 g/mol. The number of hydrogen-bond donors (Lipinski definition) is 0. The zero-order valence-electron chi connectivity index (χ0n) is 11.4. The van der Waals surface area contributed by atoms with Crippen LogP contribution < -0.4 is 4.52 Å². The van der Waals surface area contributed by atoms with Gasteiger partial charge in [-0.15, -0.1) is 0 Å². The van der Waals surface area contributed by atoms with E-state index < -0.39 is 8.69 Å². The molecular formula is C15H25O2P. The van der Waals surface area contributed by atoms with Gasteiger partial charge in [0.2, 0.25) is 8.69 Å². The third-order valence-electron chi connectivity index (χ3n) is 3.20. The van der Waals surface area contributed by atoms with Crippen molar-refractivity contribution < 1.29 is 9.09 Å². The maximum Gasteiger partial charge on any atom is 0.225 e. The molecule has 0 aliphatic heterocycles. The van der Waals surface area contributed by atoms with Crippen LogP contribution in [0.1, 0.15) is 57.4 Å². The number of benzene rings is 1. The Balaban J connectivity index is 2.20. The summed E-state index contributed by atoms with van der Waals surface area (Å²) < 4.78 is 15.8. The summed E-state index contributed by atoms with van der Waals surface area (Å²) in [5.74, 6) is 0.800. The predicted molar refractivity (Wildman–Crippen MR) is 79.2 cm³/mol. The Kier molecular flexibility index (Phi) is 8.67. The van der Waals surface area contributed by atoms with E-state index in [9.17, 15) is 4.57 Å². The molecule has 0 saturated heterocycles. The van der Waals surface area contributed by atoms with Crippen LogP contribution in [0.2, 0.25) is 0 Å². The number of para-hydroxylation sites is 1. The third-order valence-corrected chi connectivity index (χ3v) is 3.55. The molecule has 3 heteroatoms. The van der Waals surface area contributed by atoms with Gasteiger partial charge in [-0.1, -0.05) is 63.6 Å². The minimum absolute atomic E-state index is 0.800. The molecule has 18 heavy (non-hydrogen) atoms. The fraction of sp³-hybridized carbons (Fsp3) is 0.600. The highest BCUT2D eigenvalue weighted by molar-refractivity contribution is 7.17. The summed E-state index contributed by atoms with van der Waals surface area (Å²) in [6.07, 6.45) is 10.2. The molecule has 0 spiro atoms. The van der Waals surface area contributed by atoms with Gasteiger partial charge in [-0.25, -0.2) is 0 Å². The van der Waals surface area contributed by atoms with Crippen molar-refractivity contribution in [1.29, 1.82) is 0 Å². The van der Waals surface area contributed by atoms with E-state index in [0.717, 1.165) is 12.2 Å². The Morgan fingerprint density at radius 2 is 1.67 bits per heavy atom.